The fraction of sp³-hybridized carbons (Fsp3) is 0.500. The molecule has 0 amide bonds. The molecule has 16 heavy (non-hydrogen) atoms. The molecule has 0 bridgehead atoms. The first-order valence-electron chi connectivity index (χ1n) is 5.78. The topological polar surface area (TPSA) is 26.3 Å². The average molecular weight is 218 g/mol. The van der Waals surface area contributed by atoms with Crippen molar-refractivity contribution in [2.75, 3.05) is 7.11 Å². The van der Waals surface area contributed by atoms with Crippen molar-refractivity contribution in [3.63, 3.8) is 0 Å². The summed E-state index contributed by atoms with van der Waals surface area (Å²) in [5, 5.41) is 0. The summed E-state index contributed by atoms with van der Waals surface area (Å²) < 4.78 is 4.86. The molecule has 1 aliphatic carbocycles. The summed E-state index contributed by atoms with van der Waals surface area (Å²) in [5.41, 5.74) is 3.99. The zero-order valence-electron chi connectivity index (χ0n) is 10.1. The van der Waals surface area contributed by atoms with Crippen LogP contribution >= 0.6 is 0 Å². The number of methoxy groups -OCH3 is 1. The highest BCUT2D eigenvalue weighted by molar-refractivity contribution is 5.73. The van der Waals surface area contributed by atoms with Gasteiger partial charge >= 0.3 is 5.97 Å². The number of aryl methyl sites for hydroxylation is 1. The highest BCUT2D eigenvalue weighted by Crippen LogP contribution is 2.31. The minimum Gasteiger partial charge on any atom is -0.469 e. The molecule has 0 N–H and O–H groups in total. The second kappa shape index (κ2) is 4.28. The van der Waals surface area contributed by atoms with Gasteiger partial charge in [0.2, 0.25) is 0 Å². The standard InChI is InChI=1S/C14H18O2/c1-9-4-5-11-8-13(14(15)16-3)10(2)7-12(11)6-9/h4-6,10,13H,7-8H2,1-3H3/t10-,13-/m0/s1. The van der Waals surface area contributed by atoms with Gasteiger partial charge in [-0.2, -0.15) is 0 Å². The van der Waals surface area contributed by atoms with Crippen molar-refractivity contribution in [3.05, 3.63) is 34.9 Å². The van der Waals surface area contributed by atoms with Crippen molar-refractivity contribution in [1.82, 2.24) is 0 Å². The first-order chi connectivity index (χ1) is 7.61. The predicted octanol–water partition coefficient (Wildman–Crippen LogP) is 2.52. The lowest BCUT2D eigenvalue weighted by Gasteiger charge is -2.29. The van der Waals surface area contributed by atoms with E-state index in [0.717, 1.165) is 12.8 Å². The summed E-state index contributed by atoms with van der Waals surface area (Å²) in [4.78, 5) is 11.6. The van der Waals surface area contributed by atoms with Crippen LogP contribution in [0.1, 0.15) is 23.6 Å². The first-order valence-corrected chi connectivity index (χ1v) is 5.78. The third-order valence-electron chi connectivity index (χ3n) is 3.53. The Morgan fingerprint density at radius 3 is 2.75 bits per heavy atom. The molecule has 0 spiro atoms. The van der Waals surface area contributed by atoms with E-state index < -0.39 is 0 Å². The number of benzene rings is 1. The highest BCUT2D eigenvalue weighted by atomic mass is 16.5. The van der Waals surface area contributed by atoms with Crippen LogP contribution in [0.25, 0.3) is 0 Å². The molecule has 2 heteroatoms. The molecule has 1 aliphatic rings. The molecule has 0 saturated carbocycles. The largest absolute Gasteiger partial charge is 0.469 e. The molecule has 0 aromatic heterocycles. The van der Waals surface area contributed by atoms with Gasteiger partial charge in [0.1, 0.15) is 0 Å². The van der Waals surface area contributed by atoms with E-state index in [2.05, 4.69) is 32.0 Å². The lowest BCUT2D eigenvalue weighted by molar-refractivity contribution is -0.147. The molecular weight excluding hydrogens is 200 g/mol. The van der Waals surface area contributed by atoms with Gasteiger partial charge in [0.15, 0.2) is 0 Å². The lowest BCUT2D eigenvalue weighted by Crippen LogP contribution is -2.30. The van der Waals surface area contributed by atoms with Crippen LogP contribution in [0, 0.1) is 18.8 Å². The monoisotopic (exact) mass is 218 g/mol. The quantitative estimate of drug-likeness (QED) is 0.677. The fourth-order valence-electron chi connectivity index (χ4n) is 2.54. The van der Waals surface area contributed by atoms with E-state index in [1.54, 1.807) is 0 Å². The molecule has 86 valence electrons. The molecular formula is C14H18O2. The van der Waals surface area contributed by atoms with Gasteiger partial charge in [0.25, 0.3) is 0 Å². The zero-order valence-corrected chi connectivity index (χ0v) is 10.1. The first kappa shape index (κ1) is 11.2. The van der Waals surface area contributed by atoms with Crippen LogP contribution in [0.15, 0.2) is 18.2 Å². The van der Waals surface area contributed by atoms with Gasteiger partial charge in [-0.05, 0) is 36.8 Å². The van der Waals surface area contributed by atoms with Crippen LogP contribution in [0.5, 0.6) is 0 Å². The third kappa shape index (κ3) is 1.97. The number of ether oxygens (including phenoxy) is 1. The van der Waals surface area contributed by atoms with Gasteiger partial charge in [-0.3, -0.25) is 4.79 Å². The number of esters is 1. The van der Waals surface area contributed by atoms with Gasteiger partial charge in [0.05, 0.1) is 13.0 Å². The molecule has 1 aromatic rings. The minimum atomic E-state index is -0.0706. The molecule has 0 saturated heterocycles. The van der Waals surface area contributed by atoms with Crippen molar-refractivity contribution in [3.8, 4) is 0 Å². The Labute approximate surface area is 96.6 Å². The van der Waals surface area contributed by atoms with E-state index in [1.165, 1.54) is 23.8 Å². The number of carbonyl (C=O) groups is 1. The number of fused-ring (bicyclic) bond motifs is 1. The van der Waals surface area contributed by atoms with Crippen LogP contribution < -0.4 is 0 Å². The normalized spacial score (nSPS) is 23.7. The van der Waals surface area contributed by atoms with Gasteiger partial charge in [-0.1, -0.05) is 30.7 Å². The van der Waals surface area contributed by atoms with Crippen molar-refractivity contribution in [2.45, 2.75) is 26.7 Å². The van der Waals surface area contributed by atoms with Crippen LogP contribution in [-0.2, 0) is 22.4 Å². The third-order valence-corrected chi connectivity index (χ3v) is 3.53. The van der Waals surface area contributed by atoms with E-state index in [1.807, 2.05) is 0 Å². The molecule has 0 unspecified atom stereocenters. The van der Waals surface area contributed by atoms with E-state index in [-0.39, 0.29) is 11.9 Å². The Kier molecular flexibility index (Phi) is 2.99. The Balaban J connectivity index is 2.28. The number of carbonyl (C=O) groups excluding carboxylic acids is 1. The molecule has 0 radical (unpaired) electrons. The zero-order chi connectivity index (χ0) is 11.7. The maximum absolute atomic E-state index is 11.6. The molecule has 2 rings (SSSR count). The Morgan fingerprint density at radius 1 is 1.31 bits per heavy atom. The van der Waals surface area contributed by atoms with Crippen LogP contribution in [0.2, 0.25) is 0 Å². The highest BCUT2D eigenvalue weighted by Gasteiger charge is 2.31. The van der Waals surface area contributed by atoms with Crippen molar-refractivity contribution in [1.29, 1.82) is 0 Å². The summed E-state index contributed by atoms with van der Waals surface area (Å²) in [7, 11) is 1.47. The molecule has 2 atom stereocenters. The molecule has 2 nitrogen and oxygen atoms in total. The Morgan fingerprint density at radius 2 is 2.06 bits per heavy atom. The predicted molar refractivity (Wildman–Crippen MR) is 63.3 cm³/mol. The fourth-order valence-corrected chi connectivity index (χ4v) is 2.54. The van der Waals surface area contributed by atoms with E-state index in [9.17, 15) is 4.79 Å². The molecule has 0 aliphatic heterocycles. The van der Waals surface area contributed by atoms with Crippen molar-refractivity contribution in [2.24, 2.45) is 11.8 Å². The summed E-state index contributed by atoms with van der Waals surface area (Å²) in [6.45, 7) is 4.24. The van der Waals surface area contributed by atoms with E-state index in [4.69, 9.17) is 4.74 Å². The SMILES string of the molecule is COC(=O)[C@H]1Cc2ccc(C)cc2C[C@@H]1C. The summed E-state index contributed by atoms with van der Waals surface area (Å²) in [5.74, 6) is 0.334. The van der Waals surface area contributed by atoms with E-state index >= 15 is 0 Å². The van der Waals surface area contributed by atoms with Gasteiger partial charge in [-0.25, -0.2) is 0 Å². The number of hydrogen-bond acceptors (Lipinski definition) is 2. The Hall–Kier alpha value is -1.31. The summed E-state index contributed by atoms with van der Waals surface area (Å²) >= 11 is 0. The van der Waals surface area contributed by atoms with Crippen molar-refractivity contribution < 1.29 is 9.53 Å². The lowest BCUT2D eigenvalue weighted by atomic mass is 9.76. The van der Waals surface area contributed by atoms with Gasteiger partial charge in [-0.15, -0.1) is 0 Å². The average Bonchev–Trinajstić information content (AvgIpc) is 2.27. The maximum Gasteiger partial charge on any atom is 0.309 e. The summed E-state index contributed by atoms with van der Waals surface area (Å²) in [6, 6.07) is 6.50. The second-order valence-electron chi connectivity index (χ2n) is 4.79. The second-order valence-corrected chi connectivity index (χ2v) is 4.79. The van der Waals surface area contributed by atoms with Crippen LogP contribution in [-0.4, -0.2) is 13.1 Å². The van der Waals surface area contributed by atoms with Crippen LogP contribution in [0.3, 0.4) is 0 Å². The smallest absolute Gasteiger partial charge is 0.309 e. The molecule has 1 aromatic carbocycles. The van der Waals surface area contributed by atoms with Crippen LogP contribution in [0.4, 0.5) is 0 Å². The molecule has 0 fully saturated rings. The minimum absolute atomic E-state index is 0.0280. The number of rotatable bonds is 1. The Bertz CT molecular complexity index is 409. The van der Waals surface area contributed by atoms with Gasteiger partial charge < -0.3 is 4.74 Å². The number of hydrogen-bond donors (Lipinski definition) is 0. The maximum atomic E-state index is 11.6. The van der Waals surface area contributed by atoms with Crippen molar-refractivity contribution >= 4 is 5.97 Å². The van der Waals surface area contributed by atoms with Gasteiger partial charge in [0, 0.05) is 0 Å². The summed E-state index contributed by atoms with van der Waals surface area (Å²) in [6.07, 6.45) is 1.81. The van der Waals surface area contributed by atoms with E-state index in [0.29, 0.717) is 5.92 Å². The molecule has 0 heterocycles.